The van der Waals surface area contributed by atoms with Crippen molar-refractivity contribution in [2.24, 2.45) is 5.92 Å². The Morgan fingerprint density at radius 1 is 1.35 bits per heavy atom. The molecule has 1 saturated carbocycles. The van der Waals surface area contributed by atoms with Crippen molar-refractivity contribution in [2.45, 2.75) is 45.1 Å². The molecule has 1 saturated heterocycles. The van der Waals surface area contributed by atoms with Gasteiger partial charge in [0.25, 0.3) is 0 Å². The lowest BCUT2D eigenvalue weighted by atomic mass is 10.1. The van der Waals surface area contributed by atoms with E-state index in [1.54, 1.807) is 6.92 Å². The molecule has 1 heterocycles. The van der Waals surface area contributed by atoms with Gasteiger partial charge in [0, 0.05) is 25.6 Å². The molecule has 2 amide bonds. The van der Waals surface area contributed by atoms with Crippen molar-refractivity contribution in [1.29, 1.82) is 0 Å². The lowest BCUT2D eigenvalue weighted by molar-refractivity contribution is -0.146. The molecule has 6 heteroatoms. The molecule has 0 radical (unpaired) electrons. The summed E-state index contributed by atoms with van der Waals surface area (Å²) in [4.78, 5) is 38.3. The van der Waals surface area contributed by atoms with Gasteiger partial charge in [0.1, 0.15) is 6.54 Å². The summed E-state index contributed by atoms with van der Waals surface area (Å²) < 4.78 is 0. The van der Waals surface area contributed by atoms with Gasteiger partial charge in [-0.1, -0.05) is 12.8 Å². The number of carbonyl (C=O) groups is 3. The van der Waals surface area contributed by atoms with Gasteiger partial charge in [-0.25, -0.2) is 0 Å². The SMILES string of the molecule is CCN(CC(=O)O)C(=O)[C@H]1CC(=O)N(C2CCCC2)C1. The third-order valence-corrected chi connectivity index (χ3v) is 4.29. The number of aliphatic carboxylic acids is 1. The summed E-state index contributed by atoms with van der Waals surface area (Å²) in [6, 6.07) is 0.287. The molecular weight excluding hydrogens is 260 g/mol. The minimum absolute atomic E-state index is 0.0432. The summed E-state index contributed by atoms with van der Waals surface area (Å²) in [6.07, 6.45) is 4.57. The van der Waals surface area contributed by atoms with Crippen LogP contribution in [0.2, 0.25) is 0 Å². The van der Waals surface area contributed by atoms with E-state index in [1.807, 2.05) is 4.90 Å². The van der Waals surface area contributed by atoms with Gasteiger partial charge in [0.2, 0.25) is 11.8 Å². The standard InChI is InChI=1S/C14H22N2O4/c1-2-15(9-13(18)19)14(20)10-7-12(17)16(8-10)11-5-3-4-6-11/h10-11H,2-9H2,1H3,(H,18,19)/t10-/m0/s1. The highest BCUT2D eigenvalue weighted by molar-refractivity contribution is 5.90. The Kier molecular flexibility index (Phi) is 4.62. The van der Waals surface area contributed by atoms with Crippen LogP contribution in [0, 0.1) is 5.92 Å². The van der Waals surface area contributed by atoms with Crippen molar-refractivity contribution in [3.8, 4) is 0 Å². The summed E-state index contributed by atoms with van der Waals surface area (Å²) in [5.41, 5.74) is 0. The Hall–Kier alpha value is -1.59. The molecule has 2 fully saturated rings. The Labute approximate surface area is 118 Å². The molecule has 1 atom stereocenters. The zero-order valence-corrected chi connectivity index (χ0v) is 11.9. The first-order valence-electron chi connectivity index (χ1n) is 7.33. The van der Waals surface area contributed by atoms with Crippen molar-refractivity contribution < 1.29 is 19.5 Å². The highest BCUT2D eigenvalue weighted by Gasteiger charge is 2.40. The van der Waals surface area contributed by atoms with E-state index >= 15 is 0 Å². The second-order valence-electron chi connectivity index (χ2n) is 5.63. The Bertz CT molecular complexity index is 404. The van der Waals surface area contributed by atoms with E-state index in [0.717, 1.165) is 25.7 Å². The number of carbonyl (C=O) groups excluding carboxylic acids is 2. The Morgan fingerprint density at radius 2 is 2.00 bits per heavy atom. The van der Waals surface area contributed by atoms with Gasteiger partial charge >= 0.3 is 5.97 Å². The number of carboxylic acids is 1. The normalized spacial score (nSPS) is 23.4. The van der Waals surface area contributed by atoms with E-state index in [1.165, 1.54) is 4.90 Å². The van der Waals surface area contributed by atoms with Crippen LogP contribution in [0.15, 0.2) is 0 Å². The molecule has 6 nitrogen and oxygen atoms in total. The molecule has 0 aromatic rings. The maximum Gasteiger partial charge on any atom is 0.323 e. The first-order valence-corrected chi connectivity index (χ1v) is 7.33. The maximum absolute atomic E-state index is 12.3. The van der Waals surface area contributed by atoms with Crippen molar-refractivity contribution in [3.05, 3.63) is 0 Å². The largest absolute Gasteiger partial charge is 0.480 e. The molecule has 0 bridgehead atoms. The fraction of sp³-hybridized carbons (Fsp3) is 0.786. The minimum atomic E-state index is -1.02. The fourth-order valence-electron chi connectivity index (χ4n) is 3.23. The highest BCUT2D eigenvalue weighted by atomic mass is 16.4. The summed E-state index contributed by atoms with van der Waals surface area (Å²) in [5, 5.41) is 8.81. The maximum atomic E-state index is 12.3. The van der Waals surface area contributed by atoms with Crippen molar-refractivity contribution in [2.75, 3.05) is 19.6 Å². The highest BCUT2D eigenvalue weighted by Crippen LogP contribution is 2.30. The van der Waals surface area contributed by atoms with Crippen LogP contribution in [-0.2, 0) is 14.4 Å². The fourth-order valence-corrected chi connectivity index (χ4v) is 3.23. The number of likely N-dealkylation sites (tertiary alicyclic amines) is 1. The lowest BCUT2D eigenvalue weighted by Crippen LogP contribution is -2.41. The van der Waals surface area contributed by atoms with E-state index in [9.17, 15) is 14.4 Å². The van der Waals surface area contributed by atoms with Crippen LogP contribution in [0.4, 0.5) is 0 Å². The van der Waals surface area contributed by atoms with Crippen LogP contribution in [0.5, 0.6) is 0 Å². The third-order valence-electron chi connectivity index (χ3n) is 4.29. The van der Waals surface area contributed by atoms with Crippen LogP contribution < -0.4 is 0 Å². The van der Waals surface area contributed by atoms with Gasteiger partial charge in [-0.05, 0) is 19.8 Å². The van der Waals surface area contributed by atoms with E-state index < -0.39 is 5.97 Å². The monoisotopic (exact) mass is 282 g/mol. The van der Waals surface area contributed by atoms with Crippen molar-refractivity contribution in [1.82, 2.24) is 9.80 Å². The van der Waals surface area contributed by atoms with E-state index in [4.69, 9.17) is 5.11 Å². The van der Waals surface area contributed by atoms with Gasteiger partial charge in [0.05, 0.1) is 5.92 Å². The molecule has 0 aromatic heterocycles. The number of carboxylic acid groups (broad SMARTS) is 1. The molecule has 0 aromatic carbocycles. The van der Waals surface area contributed by atoms with E-state index in [0.29, 0.717) is 13.1 Å². The third kappa shape index (κ3) is 3.11. The first-order chi connectivity index (χ1) is 9.52. The van der Waals surface area contributed by atoms with Gasteiger partial charge in [-0.2, -0.15) is 0 Å². The average molecular weight is 282 g/mol. The van der Waals surface area contributed by atoms with Crippen LogP contribution in [0.25, 0.3) is 0 Å². The van der Waals surface area contributed by atoms with Gasteiger partial charge in [-0.3, -0.25) is 14.4 Å². The number of nitrogens with zero attached hydrogens (tertiary/aromatic N) is 2. The van der Waals surface area contributed by atoms with E-state index in [2.05, 4.69) is 0 Å². The lowest BCUT2D eigenvalue weighted by Gasteiger charge is -2.25. The summed E-state index contributed by atoms with van der Waals surface area (Å²) in [5.74, 6) is -1.55. The van der Waals surface area contributed by atoms with Crippen LogP contribution in [0.1, 0.15) is 39.0 Å². The van der Waals surface area contributed by atoms with Gasteiger partial charge < -0.3 is 14.9 Å². The molecule has 2 rings (SSSR count). The van der Waals surface area contributed by atoms with Crippen LogP contribution in [-0.4, -0.2) is 58.4 Å². The molecule has 0 spiro atoms. The number of amides is 2. The Balaban J connectivity index is 1.97. The zero-order valence-electron chi connectivity index (χ0n) is 11.9. The zero-order chi connectivity index (χ0) is 14.7. The Morgan fingerprint density at radius 3 is 2.55 bits per heavy atom. The molecule has 2 aliphatic rings. The second kappa shape index (κ2) is 6.24. The number of likely N-dealkylation sites (N-methyl/N-ethyl adjacent to an activating group) is 1. The molecule has 112 valence electrons. The number of hydrogen-bond donors (Lipinski definition) is 1. The molecular formula is C14H22N2O4. The van der Waals surface area contributed by atoms with Gasteiger partial charge in [-0.15, -0.1) is 0 Å². The quantitative estimate of drug-likeness (QED) is 0.805. The summed E-state index contributed by atoms with van der Waals surface area (Å²) in [6.45, 7) is 2.29. The van der Waals surface area contributed by atoms with E-state index in [-0.39, 0.29) is 36.7 Å². The van der Waals surface area contributed by atoms with Crippen molar-refractivity contribution >= 4 is 17.8 Å². The number of hydrogen-bond acceptors (Lipinski definition) is 3. The smallest absolute Gasteiger partial charge is 0.323 e. The first kappa shape index (κ1) is 14.8. The minimum Gasteiger partial charge on any atom is -0.480 e. The molecule has 1 N–H and O–H groups in total. The average Bonchev–Trinajstić information content (AvgIpc) is 3.03. The molecule has 1 aliphatic carbocycles. The summed E-state index contributed by atoms with van der Waals surface area (Å²) in [7, 11) is 0. The topological polar surface area (TPSA) is 77.9 Å². The molecule has 0 unspecified atom stereocenters. The van der Waals surface area contributed by atoms with Crippen LogP contribution in [0.3, 0.4) is 0 Å². The van der Waals surface area contributed by atoms with Crippen LogP contribution >= 0.6 is 0 Å². The predicted molar refractivity (Wildman–Crippen MR) is 72.0 cm³/mol. The predicted octanol–water partition coefficient (Wildman–Crippen LogP) is 0.711. The second-order valence-corrected chi connectivity index (χ2v) is 5.63. The van der Waals surface area contributed by atoms with Gasteiger partial charge in [0.15, 0.2) is 0 Å². The molecule has 1 aliphatic heterocycles. The number of rotatable bonds is 5. The molecule has 20 heavy (non-hydrogen) atoms. The summed E-state index contributed by atoms with van der Waals surface area (Å²) >= 11 is 0. The van der Waals surface area contributed by atoms with Crippen molar-refractivity contribution in [3.63, 3.8) is 0 Å².